The van der Waals surface area contributed by atoms with Crippen LogP contribution in [0.5, 0.6) is 5.75 Å². The van der Waals surface area contributed by atoms with E-state index in [1.165, 1.54) is 11.0 Å². The van der Waals surface area contributed by atoms with Crippen molar-refractivity contribution in [3.8, 4) is 5.75 Å². The molecule has 0 radical (unpaired) electrons. The van der Waals surface area contributed by atoms with Crippen LogP contribution in [0.3, 0.4) is 0 Å². The van der Waals surface area contributed by atoms with Crippen molar-refractivity contribution < 1.29 is 19.4 Å². The minimum atomic E-state index is -0.989. The molecule has 1 aromatic carbocycles. The van der Waals surface area contributed by atoms with Crippen LogP contribution in [0.4, 0.5) is 0 Å². The van der Waals surface area contributed by atoms with Gasteiger partial charge in [0, 0.05) is 17.7 Å². The van der Waals surface area contributed by atoms with Gasteiger partial charge < -0.3 is 14.7 Å². The van der Waals surface area contributed by atoms with E-state index in [1.807, 2.05) is 25.1 Å². The smallest absolute Gasteiger partial charge is 0.323 e. The number of methoxy groups -OCH3 is 1. The third kappa shape index (κ3) is 4.08. The number of nitrogens with zero attached hydrogens (tertiary/aromatic N) is 1. The molecule has 0 aliphatic heterocycles. The maximum absolute atomic E-state index is 12.2. The van der Waals surface area contributed by atoms with Crippen LogP contribution in [0, 0.1) is 6.92 Å². The van der Waals surface area contributed by atoms with Crippen LogP contribution in [0.25, 0.3) is 6.08 Å². The molecule has 1 aliphatic rings. The maximum atomic E-state index is 12.2. The lowest BCUT2D eigenvalue weighted by molar-refractivity contribution is -0.143. The van der Waals surface area contributed by atoms with E-state index in [9.17, 15) is 9.59 Å². The second-order valence-electron chi connectivity index (χ2n) is 5.17. The molecule has 0 unspecified atom stereocenters. The first-order valence-electron chi connectivity index (χ1n) is 6.86. The Labute approximate surface area is 123 Å². The van der Waals surface area contributed by atoms with E-state index in [2.05, 4.69) is 0 Å². The summed E-state index contributed by atoms with van der Waals surface area (Å²) in [6.07, 6.45) is 4.84. The number of aryl methyl sites for hydroxylation is 1. The Hall–Kier alpha value is -2.30. The molecule has 112 valence electrons. The number of carboxylic acids is 1. The van der Waals surface area contributed by atoms with Crippen LogP contribution in [0.15, 0.2) is 24.3 Å². The average Bonchev–Trinajstić information content (AvgIpc) is 3.26. The predicted octanol–water partition coefficient (Wildman–Crippen LogP) is 2.09. The van der Waals surface area contributed by atoms with Gasteiger partial charge in [-0.25, -0.2) is 0 Å². The highest BCUT2D eigenvalue weighted by molar-refractivity contribution is 5.94. The van der Waals surface area contributed by atoms with Gasteiger partial charge in [-0.05, 0) is 38.0 Å². The molecule has 1 saturated carbocycles. The summed E-state index contributed by atoms with van der Waals surface area (Å²) in [6, 6.07) is 5.76. The molecule has 1 N–H and O–H groups in total. The molecular formula is C16H19NO4. The number of carbonyl (C=O) groups excluding carboxylic acids is 1. The molecule has 0 aromatic heterocycles. The van der Waals surface area contributed by atoms with E-state index in [1.54, 1.807) is 13.2 Å². The molecule has 0 spiro atoms. The monoisotopic (exact) mass is 289 g/mol. The molecule has 21 heavy (non-hydrogen) atoms. The van der Waals surface area contributed by atoms with Gasteiger partial charge in [-0.3, -0.25) is 9.59 Å². The van der Waals surface area contributed by atoms with Crippen LogP contribution < -0.4 is 4.74 Å². The summed E-state index contributed by atoms with van der Waals surface area (Å²) in [5.41, 5.74) is 1.87. The summed E-state index contributed by atoms with van der Waals surface area (Å²) >= 11 is 0. The number of ether oxygens (including phenoxy) is 1. The number of benzene rings is 1. The van der Waals surface area contributed by atoms with Crippen molar-refractivity contribution in [1.29, 1.82) is 0 Å². The standard InChI is InChI=1S/C16H19NO4/c1-11-3-7-14(21-2)12(9-11)4-8-15(18)17(10-16(19)20)13-5-6-13/h3-4,7-9,13H,5-6,10H2,1-2H3,(H,19,20). The van der Waals surface area contributed by atoms with Crippen molar-refractivity contribution >= 4 is 18.0 Å². The van der Waals surface area contributed by atoms with Crippen LogP contribution in [0.2, 0.25) is 0 Å². The molecule has 1 aromatic rings. The van der Waals surface area contributed by atoms with E-state index < -0.39 is 5.97 Å². The molecule has 5 heteroatoms. The van der Waals surface area contributed by atoms with Gasteiger partial charge >= 0.3 is 5.97 Å². The maximum Gasteiger partial charge on any atom is 0.323 e. The van der Waals surface area contributed by atoms with Gasteiger partial charge in [0.05, 0.1) is 7.11 Å². The Morgan fingerprint density at radius 1 is 1.43 bits per heavy atom. The van der Waals surface area contributed by atoms with Crippen molar-refractivity contribution in [2.75, 3.05) is 13.7 Å². The summed E-state index contributed by atoms with van der Waals surface area (Å²) in [5, 5.41) is 8.88. The lowest BCUT2D eigenvalue weighted by Crippen LogP contribution is -2.36. The predicted molar refractivity (Wildman–Crippen MR) is 79.1 cm³/mol. The van der Waals surface area contributed by atoms with Crippen LogP contribution >= 0.6 is 0 Å². The van der Waals surface area contributed by atoms with Gasteiger partial charge in [-0.15, -0.1) is 0 Å². The van der Waals surface area contributed by atoms with Crippen molar-refractivity contribution in [1.82, 2.24) is 4.90 Å². The van der Waals surface area contributed by atoms with Crippen molar-refractivity contribution in [3.63, 3.8) is 0 Å². The summed E-state index contributed by atoms with van der Waals surface area (Å²) < 4.78 is 5.25. The Bertz CT molecular complexity index is 576. The number of rotatable bonds is 6. The fraction of sp³-hybridized carbons (Fsp3) is 0.375. The highest BCUT2D eigenvalue weighted by Gasteiger charge is 2.32. The van der Waals surface area contributed by atoms with E-state index in [-0.39, 0.29) is 18.5 Å². The third-order valence-electron chi connectivity index (χ3n) is 3.37. The lowest BCUT2D eigenvalue weighted by atomic mass is 10.1. The molecule has 0 bridgehead atoms. The first kappa shape index (κ1) is 15.1. The summed E-state index contributed by atoms with van der Waals surface area (Å²) in [5.74, 6) is -0.582. The van der Waals surface area contributed by atoms with Crippen molar-refractivity contribution in [2.45, 2.75) is 25.8 Å². The highest BCUT2D eigenvalue weighted by Crippen LogP contribution is 2.27. The third-order valence-corrected chi connectivity index (χ3v) is 3.37. The minimum Gasteiger partial charge on any atom is -0.496 e. The Kier molecular flexibility index (Phi) is 4.62. The van der Waals surface area contributed by atoms with Crippen molar-refractivity contribution in [2.24, 2.45) is 0 Å². The number of hydrogen-bond donors (Lipinski definition) is 1. The molecule has 1 amide bonds. The largest absolute Gasteiger partial charge is 0.496 e. The SMILES string of the molecule is COc1ccc(C)cc1C=CC(=O)N(CC(=O)O)C1CC1. The van der Waals surface area contributed by atoms with Crippen LogP contribution in [-0.2, 0) is 9.59 Å². The van der Waals surface area contributed by atoms with Crippen LogP contribution in [-0.4, -0.2) is 41.6 Å². The number of carboxylic acid groups (broad SMARTS) is 1. The van der Waals surface area contributed by atoms with E-state index in [0.717, 1.165) is 24.0 Å². The zero-order chi connectivity index (χ0) is 15.4. The Morgan fingerprint density at radius 3 is 2.71 bits per heavy atom. The quantitative estimate of drug-likeness (QED) is 0.814. The first-order valence-corrected chi connectivity index (χ1v) is 6.86. The average molecular weight is 289 g/mol. The van der Waals surface area contributed by atoms with Gasteiger partial charge in [0.1, 0.15) is 12.3 Å². The number of aliphatic carboxylic acids is 1. The summed E-state index contributed by atoms with van der Waals surface area (Å²) in [4.78, 5) is 24.4. The number of hydrogen-bond acceptors (Lipinski definition) is 3. The van der Waals surface area contributed by atoms with E-state index in [4.69, 9.17) is 9.84 Å². The zero-order valence-corrected chi connectivity index (χ0v) is 12.2. The summed E-state index contributed by atoms with van der Waals surface area (Å²) in [7, 11) is 1.57. The molecule has 2 rings (SSSR count). The van der Waals surface area contributed by atoms with Gasteiger partial charge in [-0.1, -0.05) is 11.6 Å². The molecule has 1 fully saturated rings. The molecule has 5 nitrogen and oxygen atoms in total. The number of carbonyl (C=O) groups is 2. The normalized spacial score (nSPS) is 14.2. The van der Waals surface area contributed by atoms with E-state index >= 15 is 0 Å². The van der Waals surface area contributed by atoms with E-state index in [0.29, 0.717) is 5.75 Å². The second-order valence-corrected chi connectivity index (χ2v) is 5.17. The van der Waals surface area contributed by atoms with Gasteiger partial charge in [-0.2, -0.15) is 0 Å². The molecule has 0 saturated heterocycles. The lowest BCUT2D eigenvalue weighted by Gasteiger charge is -2.18. The van der Waals surface area contributed by atoms with Gasteiger partial charge in [0.15, 0.2) is 0 Å². The Morgan fingerprint density at radius 2 is 2.14 bits per heavy atom. The molecule has 1 aliphatic carbocycles. The molecule has 0 heterocycles. The Balaban J connectivity index is 2.13. The zero-order valence-electron chi connectivity index (χ0n) is 12.2. The molecular weight excluding hydrogens is 270 g/mol. The second kappa shape index (κ2) is 6.43. The van der Waals surface area contributed by atoms with Crippen molar-refractivity contribution in [3.05, 3.63) is 35.4 Å². The van der Waals surface area contributed by atoms with Gasteiger partial charge in [0.2, 0.25) is 5.91 Å². The summed E-state index contributed by atoms with van der Waals surface area (Å²) in [6.45, 7) is 1.71. The minimum absolute atomic E-state index is 0.0673. The van der Waals surface area contributed by atoms with Gasteiger partial charge in [0.25, 0.3) is 0 Å². The first-order chi connectivity index (χ1) is 10.0. The van der Waals surface area contributed by atoms with Crippen LogP contribution in [0.1, 0.15) is 24.0 Å². The topological polar surface area (TPSA) is 66.8 Å². The highest BCUT2D eigenvalue weighted by atomic mass is 16.5. The fourth-order valence-electron chi connectivity index (χ4n) is 2.16. The fourth-order valence-corrected chi connectivity index (χ4v) is 2.16. The molecule has 0 atom stereocenters. The number of amides is 1.